The maximum Gasteiger partial charge on any atom is 0.274 e. The van der Waals surface area contributed by atoms with Gasteiger partial charge in [-0.25, -0.2) is 10.9 Å². The van der Waals surface area contributed by atoms with Crippen LogP contribution in [0.1, 0.15) is 40.1 Å². The smallest absolute Gasteiger partial charge is 0.274 e. The SMILES string of the molecule is CCOc1cccc(/C=N/NC(=O)c2ccc(C(=O)NO)cc2)c1OCC. The van der Waals surface area contributed by atoms with Crippen molar-refractivity contribution in [3.05, 3.63) is 59.2 Å². The number of hydrogen-bond donors (Lipinski definition) is 3. The Kier molecular flexibility index (Phi) is 7.33. The zero-order chi connectivity index (χ0) is 19.6. The van der Waals surface area contributed by atoms with Gasteiger partial charge in [-0.15, -0.1) is 0 Å². The number of nitrogens with one attached hydrogen (secondary N) is 2. The van der Waals surface area contributed by atoms with Crippen molar-refractivity contribution in [1.82, 2.24) is 10.9 Å². The van der Waals surface area contributed by atoms with Crippen molar-refractivity contribution in [2.24, 2.45) is 5.10 Å². The number of amides is 2. The van der Waals surface area contributed by atoms with Crippen molar-refractivity contribution in [2.75, 3.05) is 13.2 Å². The van der Waals surface area contributed by atoms with Gasteiger partial charge in [0.05, 0.1) is 19.4 Å². The molecule has 0 radical (unpaired) electrons. The quantitative estimate of drug-likeness (QED) is 0.375. The van der Waals surface area contributed by atoms with Crippen molar-refractivity contribution >= 4 is 18.0 Å². The molecule has 0 spiro atoms. The molecule has 0 bridgehead atoms. The summed E-state index contributed by atoms with van der Waals surface area (Å²) in [6.45, 7) is 4.71. The lowest BCUT2D eigenvalue weighted by Gasteiger charge is -2.12. The van der Waals surface area contributed by atoms with E-state index >= 15 is 0 Å². The van der Waals surface area contributed by atoms with Crippen molar-refractivity contribution in [2.45, 2.75) is 13.8 Å². The molecule has 8 heteroatoms. The van der Waals surface area contributed by atoms with Gasteiger partial charge in [0, 0.05) is 16.7 Å². The fourth-order valence-electron chi connectivity index (χ4n) is 2.26. The maximum absolute atomic E-state index is 12.1. The molecule has 27 heavy (non-hydrogen) atoms. The fraction of sp³-hybridized carbons (Fsp3) is 0.211. The number of carbonyl (C=O) groups excluding carboxylic acids is 2. The van der Waals surface area contributed by atoms with E-state index in [0.29, 0.717) is 35.8 Å². The average Bonchev–Trinajstić information content (AvgIpc) is 2.69. The van der Waals surface area contributed by atoms with Gasteiger partial charge in [0.25, 0.3) is 11.8 Å². The minimum Gasteiger partial charge on any atom is -0.490 e. The van der Waals surface area contributed by atoms with Crippen molar-refractivity contribution in [1.29, 1.82) is 0 Å². The van der Waals surface area contributed by atoms with Crippen LogP contribution in [-0.2, 0) is 0 Å². The van der Waals surface area contributed by atoms with Crippen LogP contribution in [0.2, 0.25) is 0 Å². The molecule has 0 atom stereocenters. The second-order valence-corrected chi connectivity index (χ2v) is 5.26. The molecule has 0 aliphatic carbocycles. The fourth-order valence-corrected chi connectivity index (χ4v) is 2.26. The lowest BCUT2D eigenvalue weighted by atomic mass is 10.1. The van der Waals surface area contributed by atoms with Crippen LogP contribution in [0.3, 0.4) is 0 Å². The van der Waals surface area contributed by atoms with Crippen LogP contribution >= 0.6 is 0 Å². The Morgan fingerprint density at radius 1 is 1.00 bits per heavy atom. The molecule has 0 aliphatic rings. The predicted molar refractivity (Wildman–Crippen MR) is 99.5 cm³/mol. The second kappa shape index (κ2) is 9.93. The third kappa shape index (κ3) is 5.29. The number of ether oxygens (including phenoxy) is 2. The number of nitrogens with zero attached hydrogens (tertiary/aromatic N) is 1. The van der Waals surface area contributed by atoms with E-state index in [1.807, 2.05) is 19.9 Å². The van der Waals surface area contributed by atoms with Crippen molar-refractivity contribution < 1.29 is 24.3 Å². The number of rotatable bonds is 8. The standard InChI is InChI=1S/C19H21N3O5/c1-3-26-16-7-5-6-15(17(16)27-4-2)12-20-21-18(23)13-8-10-14(11-9-13)19(24)22-25/h5-12,25H,3-4H2,1-2H3,(H,21,23)(H,22,24)/b20-12+. The number of carbonyl (C=O) groups is 2. The van der Waals surface area contributed by atoms with E-state index in [9.17, 15) is 9.59 Å². The van der Waals surface area contributed by atoms with Crippen LogP contribution in [-0.4, -0.2) is 36.4 Å². The van der Waals surface area contributed by atoms with Crippen LogP contribution in [0.5, 0.6) is 11.5 Å². The second-order valence-electron chi connectivity index (χ2n) is 5.26. The Balaban J connectivity index is 2.09. The highest BCUT2D eigenvalue weighted by Gasteiger charge is 2.10. The first-order valence-electron chi connectivity index (χ1n) is 8.37. The van der Waals surface area contributed by atoms with Crippen molar-refractivity contribution in [3.8, 4) is 11.5 Å². The Labute approximate surface area is 156 Å². The van der Waals surface area contributed by atoms with Gasteiger partial charge in [-0.1, -0.05) is 6.07 Å². The van der Waals surface area contributed by atoms with Gasteiger partial charge in [0.2, 0.25) is 0 Å². The molecular formula is C19H21N3O5. The summed E-state index contributed by atoms with van der Waals surface area (Å²) in [5, 5.41) is 12.5. The van der Waals surface area contributed by atoms with Crippen molar-refractivity contribution in [3.63, 3.8) is 0 Å². The Morgan fingerprint density at radius 2 is 1.63 bits per heavy atom. The topological polar surface area (TPSA) is 109 Å². The van der Waals surface area contributed by atoms with Gasteiger partial charge in [0.15, 0.2) is 11.5 Å². The van der Waals surface area contributed by atoms with E-state index in [0.717, 1.165) is 0 Å². The summed E-state index contributed by atoms with van der Waals surface area (Å²) in [6.07, 6.45) is 1.47. The zero-order valence-electron chi connectivity index (χ0n) is 15.1. The summed E-state index contributed by atoms with van der Waals surface area (Å²) in [5.41, 5.74) is 5.15. The number of para-hydroxylation sites is 1. The highest BCUT2D eigenvalue weighted by molar-refractivity contribution is 5.97. The predicted octanol–water partition coefficient (Wildman–Crippen LogP) is 2.37. The molecule has 142 valence electrons. The molecule has 0 unspecified atom stereocenters. The largest absolute Gasteiger partial charge is 0.490 e. The highest BCUT2D eigenvalue weighted by atomic mass is 16.5. The molecule has 0 aromatic heterocycles. The zero-order valence-corrected chi connectivity index (χ0v) is 15.1. The van der Waals surface area contributed by atoms with Crippen LogP contribution in [0.25, 0.3) is 0 Å². The first-order valence-corrected chi connectivity index (χ1v) is 8.37. The summed E-state index contributed by atoms with van der Waals surface area (Å²) >= 11 is 0. The van der Waals surface area contributed by atoms with E-state index in [2.05, 4.69) is 10.5 Å². The van der Waals surface area contributed by atoms with Gasteiger partial charge >= 0.3 is 0 Å². The van der Waals surface area contributed by atoms with E-state index in [-0.39, 0.29) is 5.56 Å². The Bertz CT molecular complexity index is 819. The Morgan fingerprint density at radius 3 is 2.22 bits per heavy atom. The maximum atomic E-state index is 12.1. The number of benzene rings is 2. The lowest BCUT2D eigenvalue weighted by molar-refractivity contribution is 0.0706. The molecule has 2 aromatic rings. The summed E-state index contributed by atoms with van der Waals surface area (Å²) in [7, 11) is 0. The molecule has 2 rings (SSSR count). The van der Waals surface area contributed by atoms with Gasteiger partial charge < -0.3 is 9.47 Å². The monoisotopic (exact) mass is 371 g/mol. The molecule has 2 aromatic carbocycles. The van der Waals surface area contributed by atoms with Gasteiger partial charge in [0.1, 0.15) is 0 Å². The molecule has 0 saturated heterocycles. The van der Waals surface area contributed by atoms with E-state index in [4.69, 9.17) is 14.7 Å². The van der Waals surface area contributed by atoms with E-state index in [1.54, 1.807) is 12.1 Å². The third-order valence-electron chi connectivity index (χ3n) is 3.48. The molecule has 0 fully saturated rings. The molecule has 0 aliphatic heterocycles. The lowest BCUT2D eigenvalue weighted by Crippen LogP contribution is -2.20. The third-order valence-corrected chi connectivity index (χ3v) is 3.48. The van der Waals surface area contributed by atoms with E-state index in [1.165, 1.54) is 36.0 Å². The molecule has 2 amide bonds. The molecular weight excluding hydrogens is 350 g/mol. The normalized spacial score (nSPS) is 10.5. The summed E-state index contributed by atoms with van der Waals surface area (Å²) in [4.78, 5) is 23.4. The van der Waals surface area contributed by atoms with Gasteiger partial charge in [-0.3, -0.25) is 14.8 Å². The van der Waals surface area contributed by atoms with Crippen LogP contribution in [0.4, 0.5) is 0 Å². The summed E-state index contributed by atoms with van der Waals surface area (Å²) in [6, 6.07) is 11.2. The summed E-state index contributed by atoms with van der Waals surface area (Å²) < 4.78 is 11.2. The number of hydrogen-bond acceptors (Lipinski definition) is 6. The number of hydrazone groups is 1. The molecule has 0 heterocycles. The number of hydroxylamine groups is 1. The van der Waals surface area contributed by atoms with Gasteiger partial charge in [-0.2, -0.15) is 5.10 Å². The van der Waals surface area contributed by atoms with Crippen LogP contribution < -0.4 is 20.4 Å². The van der Waals surface area contributed by atoms with Crippen LogP contribution in [0, 0.1) is 0 Å². The minimum absolute atomic E-state index is 0.228. The minimum atomic E-state index is -0.655. The highest BCUT2D eigenvalue weighted by Crippen LogP contribution is 2.30. The van der Waals surface area contributed by atoms with Gasteiger partial charge in [-0.05, 0) is 50.2 Å². The van der Waals surface area contributed by atoms with E-state index < -0.39 is 11.8 Å². The molecule has 8 nitrogen and oxygen atoms in total. The molecule has 0 saturated carbocycles. The Hall–Kier alpha value is -3.39. The average molecular weight is 371 g/mol. The van der Waals surface area contributed by atoms with Crippen LogP contribution in [0.15, 0.2) is 47.6 Å². The molecule has 3 N–H and O–H groups in total. The first kappa shape index (κ1) is 19.9. The summed E-state index contributed by atoms with van der Waals surface area (Å²) in [5.74, 6) is 0.0605. The first-order chi connectivity index (χ1) is 13.1.